The van der Waals surface area contributed by atoms with E-state index in [0.29, 0.717) is 23.0 Å². The number of rotatable bonds is 2. The summed E-state index contributed by atoms with van der Waals surface area (Å²) in [4.78, 5) is 12.1. The number of aromatic nitrogens is 4. The highest BCUT2D eigenvalue weighted by molar-refractivity contribution is 5.92. The summed E-state index contributed by atoms with van der Waals surface area (Å²) in [6.45, 7) is 3.60. The second kappa shape index (κ2) is 4.48. The van der Waals surface area contributed by atoms with Gasteiger partial charge in [-0.25, -0.2) is 4.79 Å². The molecule has 0 bridgehead atoms. The van der Waals surface area contributed by atoms with Crippen molar-refractivity contribution in [1.29, 1.82) is 0 Å². The number of methoxy groups -OCH3 is 1. The van der Waals surface area contributed by atoms with E-state index in [1.807, 2.05) is 13.0 Å². The number of hydrogen-bond acceptors (Lipinski definition) is 7. The van der Waals surface area contributed by atoms with Gasteiger partial charge in [0.15, 0.2) is 0 Å². The molecule has 1 atom stereocenters. The molecule has 0 saturated heterocycles. The fraction of sp³-hybridized carbons (Fsp3) is 0.333. The Morgan fingerprint density at radius 1 is 1.45 bits per heavy atom. The van der Waals surface area contributed by atoms with E-state index >= 15 is 0 Å². The van der Waals surface area contributed by atoms with Crippen LogP contribution >= 0.6 is 0 Å². The maximum absolute atomic E-state index is 12.1. The van der Waals surface area contributed by atoms with Crippen LogP contribution in [0.5, 0.6) is 0 Å². The summed E-state index contributed by atoms with van der Waals surface area (Å²) in [6, 6.07) is 3.08. The second-order valence-electron chi connectivity index (χ2n) is 4.45. The van der Waals surface area contributed by atoms with Gasteiger partial charge in [0.2, 0.25) is 5.95 Å². The Morgan fingerprint density at radius 3 is 2.90 bits per heavy atom. The van der Waals surface area contributed by atoms with Crippen molar-refractivity contribution in [3.05, 3.63) is 34.9 Å². The van der Waals surface area contributed by atoms with Crippen LogP contribution in [0, 0.1) is 6.92 Å². The molecule has 0 unspecified atom stereocenters. The summed E-state index contributed by atoms with van der Waals surface area (Å²) in [5.74, 6) is 1.33. The van der Waals surface area contributed by atoms with Crippen molar-refractivity contribution in [1.82, 2.24) is 20.2 Å². The highest BCUT2D eigenvalue weighted by atomic mass is 16.5. The molecule has 0 fully saturated rings. The predicted molar refractivity (Wildman–Crippen MR) is 67.7 cm³/mol. The molecule has 0 spiro atoms. The predicted octanol–water partition coefficient (Wildman–Crippen LogP) is 1.04. The van der Waals surface area contributed by atoms with E-state index in [1.54, 1.807) is 13.0 Å². The topological polar surface area (TPSA) is 95.1 Å². The third-order valence-electron chi connectivity index (χ3n) is 3.15. The first-order chi connectivity index (χ1) is 9.61. The van der Waals surface area contributed by atoms with Gasteiger partial charge in [0, 0.05) is 5.70 Å². The van der Waals surface area contributed by atoms with E-state index in [4.69, 9.17) is 9.15 Å². The molecule has 3 rings (SSSR count). The van der Waals surface area contributed by atoms with Gasteiger partial charge in [-0.1, -0.05) is 5.10 Å². The molecule has 2 aromatic heterocycles. The molecule has 104 valence electrons. The van der Waals surface area contributed by atoms with Crippen molar-refractivity contribution in [2.24, 2.45) is 0 Å². The number of allylic oxidation sites excluding steroid dienone is 1. The number of carbonyl (C=O) groups excluding carboxylic acids is 1. The molecule has 2 aromatic rings. The van der Waals surface area contributed by atoms with E-state index in [0.717, 1.165) is 5.76 Å². The molecule has 0 saturated carbocycles. The molecule has 8 heteroatoms. The van der Waals surface area contributed by atoms with Crippen LogP contribution < -0.4 is 5.32 Å². The second-order valence-corrected chi connectivity index (χ2v) is 4.45. The van der Waals surface area contributed by atoms with Crippen molar-refractivity contribution in [3.8, 4) is 0 Å². The molecular formula is C12H13N5O3. The van der Waals surface area contributed by atoms with Gasteiger partial charge in [-0.2, -0.15) is 4.68 Å². The molecule has 3 heterocycles. The van der Waals surface area contributed by atoms with Crippen molar-refractivity contribution in [2.75, 3.05) is 12.4 Å². The third kappa shape index (κ3) is 1.77. The van der Waals surface area contributed by atoms with Crippen molar-refractivity contribution in [2.45, 2.75) is 19.9 Å². The lowest BCUT2D eigenvalue weighted by Crippen LogP contribution is -2.29. The number of ether oxygens (including phenoxy) is 1. The molecule has 1 aliphatic heterocycles. The monoisotopic (exact) mass is 275 g/mol. The minimum atomic E-state index is -0.539. The van der Waals surface area contributed by atoms with Gasteiger partial charge in [-0.05, 0) is 36.4 Å². The summed E-state index contributed by atoms with van der Waals surface area (Å²) in [5.41, 5.74) is 1.06. The largest absolute Gasteiger partial charge is 0.466 e. The van der Waals surface area contributed by atoms with Crippen LogP contribution in [0.15, 0.2) is 27.8 Å². The molecule has 0 radical (unpaired) electrons. The lowest BCUT2D eigenvalue weighted by molar-refractivity contribution is -0.136. The first kappa shape index (κ1) is 12.4. The van der Waals surface area contributed by atoms with Crippen molar-refractivity contribution in [3.63, 3.8) is 0 Å². The van der Waals surface area contributed by atoms with Gasteiger partial charge in [0.1, 0.15) is 17.6 Å². The zero-order valence-electron chi connectivity index (χ0n) is 11.2. The summed E-state index contributed by atoms with van der Waals surface area (Å²) in [6.07, 6.45) is 0. The van der Waals surface area contributed by atoms with Crippen LogP contribution in [0.1, 0.15) is 24.5 Å². The third-order valence-corrected chi connectivity index (χ3v) is 3.15. The Kier molecular flexibility index (Phi) is 2.78. The number of carbonyl (C=O) groups is 1. The van der Waals surface area contributed by atoms with Gasteiger partial charge in [-0.15, -0.1) is 0 Å². The summed E-state index contributed by atoms with van der Waals surface area (Å²) >= 11 is 0. The van der Waals surface area contributed by atoms with E-state index in [-0.39, 0.29) is 0 Å². The maximum Gasteiger partial charge on any atom is 0.338 e. The van der Waals surface area contributed by atoms with E-state index in [9.17, 15) is 4.79 Å². The summed E-state index contributed by atoms with van der Waals surface area (Å²) in [5, 5.41) is 14.4. The molecule has 0 aromatic carbocycles. The van der Waals surface area contributed by atoms with Crippen LogP contribution in [0.3, 0.4) is 0 Å². The van der Waals surface area contributed by atoms with E-state index < -0.39 is 12.0 Å². The van der Waals surface area contributed by atoms with Crippen LogP contribution in [0.4, 0.5) is 5.95 Å². The number of nitrogens with one attached hydrogen (secondary N) is 1. The highest BCUT2D eigenvalue weighted by Crippen LogP contribution is 2.35. The molecule has 1 N–H and O–H groups in total. The number of tetrazole rings is 1. The van der Waals surface area contributed by atoms with Crippen LogP contribution in [0.2, 0.25) is 0 Å². The van der Waals surface area contributed by atoms with Crippen LogP contribution in [-0.4, -0.2) is 33.3 Å². The minimum Gasteiger partial charge on any atom is -0.466 e. The van der Waals surface area contributed by atoms with Gasteiger partial charge >= 0.3 is 5.97 Å². The first-order valence-corrected chi connectivity index (χ1v) is 6.02. The smallest absolute Gasteiger partial charge is 0.338 e. The standard InChI is InChI=1S/C12H13N5O3/c1-6-4-5-8(20-6)10-9(11(18)19-3)7(2)13-12-14-15-16-17(10)12/h4-5,10H,1-3H3,(H,13,14,16)/t10-/m0/s1. The Hall–Kier alpha value is -2.64. The molecule has 0 aliphatic carbocycles. The minimum absolute atomic E-state index is 0.418. The van der Waals surface area contributed by atoms with Gasteiger partial charge in [0.05, 0.1) is 12.7 Å². The summed E-state index contributed by atoms with van der Waals surface area (Å²) < 4.78 is 12.0. The highest BCUT2D eigenvalue weighted by Gasteiger charge is 2.36. The SMILES string of the molecule is COC(=O)C1=C(C)Nc2nnnn2[C@H]1c1ccc(C)o1. The van der Waals surface area contributed by atoms with Crippen LogP contribution in [-0.2, 0) is 9.53 Å². The number of nitrogens with zero attached hydrogens (tertiary/aromatic N) is 4. The average Bonchev–Trinajstić information content (AvgIpc) is 3.04. The number of esters is 1. The van der Waals surface area contributed by atoms with Crippen molar-refractivity contribution >= 4 is 11.9 Å². The number of fused-ring (bicyclic) bond motifs is 1. The Bertz CT molecular complexity index is 700. The number of furan rings is 1. The number of aryl methyl sites for hydroxylation is 1. The maximum atomic E-state index is 12.1. The molecule has 0 amide bonds. The fourth-order valence-electron chi connectivity index (χ4n) is 2.25. The Labute approximate surface area is 114 Å². The summed E-state index contributed by atoms with van der Waals surface area (Å²) in [7, 11) is 1.34. The van der Waals surface area contributed by atoms with Gasteiger partial charge < -0.3 is 14.5 Å². The zero-order valence-corrected chi connectivity index (χ0v) is 11.2. The van der Waals surface area contributed by atoms with Gasteiger partial charge in [-0.3, -0.25) is 0 Å². The molecule has 8 nitrogen and oxygen atoms in total. The van der Waals surface area contributed by atoms with E-state index in [2.05, 4.69) is 20.8 Å². The Morgan fingerprint density at radius 2 is 2.25 bits per heavy atom. The molecule has 20 heavy (non-hydrogen) atoms. The molecule has 1 aliphatic rings. The van der Waals surface area contributed by atoms with Gasteiger partial charge in [0.25, 0.3) is 0 Å². The first-order valence-electron chi connectivity index (χ1n) is 6.02. The normalized spacial score (nSPS) is 17.6. The lowest BCUT2D eigenvalue weighted by Gasteiger charge is -2.25. The quantitative estimate of drug-likeness (QED) is 0.818. The zero-order chi connectivity index (χ0) is 14.3. The Balaban J connectivity index is 2.18. The number of anilines is 1. The fourth-order valence-corrected chi connectivity index (χ4v) is 2.25. The average molecular weight is 275 g/mol. The van der Waals surface area contributed by atoms with Crippen LogP contribution in [0.25, 0.3) is 0 Å². The van der Waals surface area contributed by atoms with E-state index in [1.165, 1.54) is 11.8 Å². The lowest BCUT2D eigenvalue weighted by atomic mass is 10.0. The number of hydrogen-bond donors (Lipinski definition) is 1. The molecular weight excluding hydrogens is 262 g/mol. The van der Waals surface area contributed by atoms with Crippen molar-refractivity contribution < 1.29 is 13.9 Å².